The van der Waals surface area contributed by atoms with Crippen molar-refractivity contribution in [3.8, 4) is 0 Å². The first kappa shape index (κ1) is 8.05. The van der Waals surface area contributed by atoms with Gasteiger partial charge in [0, 0.05) is 6.42 Å². The average molecular weight is 169 g/mol. The van der Waals surface area contributed by atoms with Crippen LogP contribution < -0.4 is 5.48 Å². The summed E-state index contributed by atoms with van der Waals surface area (Å²) in [6, 6.07) is 0. The van der Waals surface area contributed by atoms with Gasteiger partial charge in [0.2, 0.25) is 5.91 Å². The van der Waals surface area contributed by atoms with Gasteiger partial charge >= 0.3 is 0 Å². The van der Waals surface area contributed by atoms with Crippen molar-refractivity contribution in [2.75, 3.05) is 0 Å². The van der Waals surface area contributed by atoms with E-state index in [-0.39, 0.29) is 5.91 Å². The van der Waals surface area contributed by atoms with Gasteiger partial charge in [-0.1, -0.05) is 6.42 Å². The molecule has 2 aliphatic rings. The summed E-state index contributed by atoms with van der Waals surface area (Å²) in [5.74, 6) is 1.99. The molecule has 0 saturated heterocycles. The van der Waals surface area contributed by atoms with Crippen LogP contribution in [0.2, 0.25) is 0 Å². The number of amides is 1. The molecule has 0 aromatic heterocycles. The fraction of sp³-hybridized carbons (Fsp3) is 0.889. The van der Waals surface area contributed by atoms with Crippen LogP contribution in [0.5, 0.6) is 0 Å². The van der Waals surface area contributed by atoms with Gasteiger partial charge in [0.15, 0.2) is 0 Å². The van der Waals surface area contributed by atoms with E-state index in [0.717, 1.165) is 11.8 Å². The van der Waals surface area contributed by atoms with Gasteiger partial charge in [0.1, 0.15) is 0 Å². The Morgan fingerprint density at radius 3 is 2.75 bits per heavy atom. The summed E-state index contributed by atoms with van der Waals surface area (Å²) in [4.78, 5) is 10.9. The molecule has 3 unspecified atom stereocenters. The standard InChI is InChI=1S/C9H15NO2/c11-9(10-12)5-8-4-6-1-2-7(8)3-6/h6-8,12H,1-5H2,(H,10,11). The molecule has 2 aliphatic carbocycles. The van der Waals surface area contributed by atoms with Gasteiger partial charge in [0.25, 0.3) is 0 Å². The Bertz CT molecular complexity index is 193. The molecule has 2 saturated carbocycles. The van der Waals surface area contributed by atoms with E-state index in [9.17, 15) is 4.79 Å². The molecule has 3 heteroatoms. The molecule has 0 spiro atoms. The molecule has 0 heterocycles. The molecule has 2 fully saturated rings. The molecule has 0 aromatic carbocycles. The summed E-state index contributed by atoms with van der Waals surface area (Å²) >= 11 is 0. The Kier molecular flexibility index (Phi) is 2.05. The predicted molar refractivity (Wildman–Crippen MR) is 43.5 cm³/mol. The maximum absolute atomic E-state index is 10.9. The minimum atomic E-state index is -0.215. The Morgan fingerprint density at radius 1 is 1.42 bits per heavy atom. The van der Waals surface area contributed by atoms with Crippen molar-refractivity contribution in [1.29, 1.82) is 0 Å². The van der Waals surface area contributed by atoms with Crippen molar-refractivity contribution in [3.63, 3.8) is 0 Å². The van der Waals surface area contributed by atoms with Gasteiger partial charge in [-0.25, -0.2) is 5.48 Å². The summed E-state index contributed by atoms with van der Waals surface area (Å²) in [7, 11) is 0. The Labute approximate surface area is 72.1 Å². The van der Waals surface area contributed by atoms with Crippen LogP contribution in [0.25, 0.3) is 0 Å². The predicted octanol–water partition coefficient (Wildman–Crippen LogP) is 1.32. The van der Waals surface area contributed by atoms with Gasteiger partial charge in [-0.3, -0.25) is 10.0 Å². The van der Waals surface area contributed by atoms with Crippen LogP contribution in [0.4, 0.5) is 0 Å². The van der Waals surface area contributed by atoms with Gasteiger partial charge in [-0.15, -0.1) is 0 Å². The smallest absolute Gasteiger partial charge is 0.243 e. The lowest BCUT2D eigenvalue weighted by molar-refractivity contribution is -0.130. The fourth-order valence-electron chi connectivity index (χ4n) is 2.91. The summed E-state index contributed by atoms with van der Waals surface area (Å²) in [6.45, 7) is 0. The van der Waals surface area contributed by atoms with Gasteiger partial charge in [-0.05, 0) is 37.0 Å². The Balaban J connectivity index is 1.86. The highest BCUT2D eigenvalue weighted by atomic mass is 16.5. The molecule has 68 valence electrons. The third kappa shape index (κ3) is 1.33. The van der Waals surface area contributed by atoms with Crippen LogP contribution in [-0.4, -0.2) is 11.1 Å². The van der Waals surface area contributed by atoms with E-state index in [4.69, 9.17) is 5.21 Å². The van der Waals surface area contributed by atoms with Crippen molar-refractivity contribution in [1.82, 2.24) is 5.48 Å². The number of hydrogen-bond acceptors (Lipinski definition) is 2. The molecule has 3 atom stereocenters. The topological polar surface area (TPSA) is 49.3 Å². The highest BCUT2D eigenvalue weighted by Crippen LogP contribution is 2.49. The number of rotatable bonds is 2. The van der Waals surface area contributed by atoms with Crippen molar-refractivity contribution in [2.24, 2.45) is 17.8 Å². The molecule has 0 aliphatic heterocycles. The number of hydroxylamine groups is 1. The van der Waals surface area contributed by atoms with E-state index in [1.54, 1.807) is 5.48 Å². The molecular formula is C9H15NO2. The van der Waals surface area contributed by atoms with Crippen LogP contribution >= 0.6 is 0 Å². The number of fused-ring (bicyclic) bond motifs is 2. The van der Waals surface area contributed by atoms with E-state index in [0.29, 0.717) is 12.3 Å². The molecular weight excluding hydrogens is 154 g/mol. The molecule has 0 radical (unpaired) electrons. The number of carbonyl (C=O) groups excluding carboxylic acids is 1. The highest BCUT2D eigenvalue weighted by molar-refractivity contribution is 5.74. The monoisotopic (exact) mass is 169 g/mol. The second-order valence-electron chi connectivity index (χ2n) is 4.17. The molecule has 12 heavy (non-hydrogen) atoms. The van der Waals surface area contributed by atoms with Crippen molar-refractivity contribution < 1.29 is 10.0 Å². The second-order valence-corrected chi connectivity index (χ2v) is 4.17. The van der Waals surface area contributed by atoms with Crippen LogP contribution in [0.1, 0.15) is 32.1 Å². The zero-order chi connectivity index (χ0) is 8.55. The number of hydrogen-bond donors (Lipinski definition) is 2. The van der Waals surface area contributed by atoms with Crippen LogP contribution in [0.3, 0.4) is 0 Å². The van der Waals surface area contributed by atoms with Gasteiger partial charge in [-0.2, -0.15) is 0 Å². The molecule has 2 N–H and O–H groups in total. The zero-order valence-corrected chi connectivity index (χ0v) is 7.12. The van der Waals surface area contributed by atoms with E-state index < -0.39 is 0 Å². The van der Waals surface area contributed by atoms with Crippen LogP contribution in [0.15, 0.2) is 0 Å². The largest absolute Gasteiger partial charge is 0.289 e. The Morgan fingerprint density at radius 2 is 2.25 bits per heavy atom. The fourth-order valence-corrected chi connectivity index (χ4v) is 2.91. The maximum Gasteiger partial charge on any atom is 0.243 e. The number of carbonyl (C=O) groups is 1. The van der Waals surface area contributed by atoms with Crippen LogP contribution in [0, 0.1) is 17.8 Å². The van der Waals surface area contributed by atoms with Crippen molar-refractivity contribution >= 4 is 5.91 Å². The van der Waals surface area contributed by atoms with Crippen molar-refractivity contribution in [3.05, 3.63) is 0 Å². The summed E-state index contributed by atoms with van der Waals surface area (Å²) < 4.78 is 0. The lowest BCUT2D eigenvalue weighted by Gasteiger charge is -2.19. The third-order valence-electron chi connectivity index (χ3n) is 3.46. The first-order chi connectivity index (χ1) is 5.79. The molecule has 3 nitrogen and oxygen atoms in total. The minimum absolute atomic E-state index is 0.215. The molecule has 1 amide bonds. The third-order valence-corrected chi connectivity index (χ3v) is 3.46. The lowest BCUT2D eigenvalue weighted by Crippen LogP contribution is -2.24. The lowest BCUT2D eigenvalue weighted by atomic mass is 9.86. The first-order valence-corrected chi connectivity index (χ1v) is 4.72. The van der Waals surface area contributed by atoms with Gasteiger partial charge in [0.05, 0.1) is 0 Å². The normalized spacial score (nSPS) is 38.6. The van der Waals surface area contributed by atoms with Crippen LogP contribution in [-0.2, 0) is 4.79 Å². The Hall–Kier alpha value is -0.570. The van der Waals surface area contributed by atoms with E-state index in [1.807, 2.05) is 0 Å². The summed E-state index contributed by atoms with van der Waals surface area (Å²) in [5, 5.41) is 8.37. The minimum Gasteiger partial charge on any atom is -0.289 e. The zero-order valence-electron chi connectivity index (χ0n) is 7.12. The molecule has 0 aromatic rings. The average Bonchev–Trinajstić information content (AvgIpc) is 2.64. The molecule has 2 rings (SSSR count). The second kappa shape index (κ2) is 3.05. The van der Waals surface area contributed by atoms with E-state index in [2.05, 4.69) is 0 Å². The van der Waals surface area contributed by atoms with Crippen molar-refractivity contribution in [2.45, 2.75) is 32.1 Å². The maximum atomic E-state index is 10.9. The first-order valence-electron chi connectivity index (χ1n) is 4.72. The summed E-state index contributed by atoms with van der Waals surface area (Å²) in [6.07, 6.45) is 5.72. The van der Waals surface area contributed by atoms with Gasteiger partial charge < -0.3 is 0 Å². The summed E-state index contributed by atoms with van der Waals surface area (Å²) in [5.41, 5.74) is 1.71. The quantitative estimate of drug-likeness (QED) is 0.484. The highest BCUT2D eigenvalue weighted by Gasteiger charge is 2.39. The SMILES string of the molecule is O=C(CC1CC2CCC1C2)NO. The molecule has 2 bridgehead atoms. The van der Waals surface area contributed by atoms with E-state index in [1.165, 1.54) is 25.7 Å². The number of nitrogens with one attached hydrogen (secondary N) is 1. The van der Waals surface area contributed by atoms with E-state index >= 15 is 0 Å².